The molecular weight excluding hydrogens is 318 g/mol. The second-order valence-electron chi connectivity index (χ2n) is 5.97. The van der Waals surface area contributed by atoms with Gasteiger partial charge in [0.2, 0.25) is 0 Å². The SMILES string of the molecule is Cc1cc(C)n(-c2cncc(NC3CCSc4ccccc43)n2)n1. The maximum absolute atomic E-state index is 4.70. The monoisotopic (exact) mass is 337 g/mol. The first-order chi connectivity index (χ1) is 11.7. The summed E-state index contributed by atoms with van der Waals surface area (Å²) in [5.74, 6) is 2.63. The molecule has 1 aliphatic rings. The molecule has 0 saturated carbocycles. The maximum atomic E-state index is 4.70. The van der Waals surface area contributed by atoms with Crippen molar-refractivity contribution < 1.29 is 0 Å². The van der Waals surface area contributed by atoms with Crippen molar-refractivity contribution in [3.63, 3.8) is 0 Å². The van der Waals surface area contributed by atoms with Crippen molar-refractivity contribution in [2.24, 2.45) is 0 Å². The molecule has 24 heavy (non-hydrogen) atoms. The van der Waals surface area contributed by atoms with Crippen LogP contribution in [-0.2, 0) is 0 Å². The normalized spacial score (nSPS) is 16.7. The van der Waals surface area contributed by atoms with Gasteiger partial charge in [0.15, 0.2) is 5.82 Å². The molecule has 3 heterocycles. The Morgan fingerprint density at radius 3 is 2.92 bits per heavy atom. The minimum absolute atomic E-state index is 0.271. The van der Waals surface area contributed by atoms with E-state index in [2.05, 4.69) is 39.7 Å². The van der Waals surface area contributed by atoms with Crippen LogP contribution in [0.5, 0.6) is 0 Å². The third-order valence-corrected chi connectivity index (χ3v) is 5.25. The highest BCUT2D eigenvalue weighted by Crippen LogP contribution is 2.37. The van der Waals surface area contributed by atoms with Gasteiger partial charge in [-0.3, -0.25) is 4.98 Å². The van der Waals surface area contributed by atoms with E-state index in [-0.39, 0.29) is 6.04 Å². The van der Waals surface area contributed by atoms with Gasteiger partial charge in [0, 0.05) is 16.3 Å². The molecule has 0 saturated heterocycles. The van der Waals surface area contributed by atoms with Crippen molar-refractivity contribution in [2.45, 2.75) is 31.2 Å². The molecule has 0 fully saturated rings. The van der Waals surface area contributed by atoms with Crippen LogP contribution >= 0.6 is 11.8 Å². The number of benzene rings is 1. The lowest BCUT2D eigenvalue weighted by Gasteiger charge is -2.26. The first-order valence-corrected chi connectivity index (χ1v) is 9.03. The molecule has 3 aromatic rings. The van der Waals surface area contributed by atoms with E-state index < -0.39 is 0 Å². The zero-order chi connectivity index (χ0) is 16.5. The van der Waals surface area contributed by atoms with Gasteiger partial charge in [-0.15, -0.1) is 11.8 Å². The Morgan fingerprint density at radius 1 is 1.21 bits per heavy atom. The predicted octanol–water partition coefficient (Wildman–Crippen LogP) is 3.93. The topological polar surface area (TPSA) is 55.6 Å². The minimum atomic E-state index is 0.271. The predicted molar refractivity (Wildman–Crippen MR) is 96.8 cm³/mol. The summed E-state index contributed by atoms with van der Waals surface area (Å²) in [6.07, 6.45) is 4.60. The molecule has 6 heteroatoms. The van der Waals surface area contributed by atoms with Gasteiger partial charge >= 0.3 is 0 Å². The molecule has 1 unspecified atom stereocenters. The molecule has 4 rings (SSSR count). The van der Waals surface area contributed by atoms with Gasteiger partial charge in [0.1, 0.15) is 5.82 Å². The Labute approximate surface area is 145 Å². The van der Waals surface area contributed by atoms with Crippen molar-refractivity contribution in [2.75, 3.05) is 11.1 Å². The number of hydrogen-bond donors (Lipinski definition) is 1. The second kappa shape index (κ2) is 6.28. The molecule has 0 radical (unpaired) electrons. The minimum Gasteiger partial charge on any atom is -0.362 e. The summed E-state index contributed by atoms with van der Waals surface area (Å²) >= 11 is 1.92. The number of anilines is 1. The summed E-state index contributed by atoms with van der Waals surface area (Å²) in [6.45, 7) is 4.01. The third kappa shape index (κ3) is 2.89. The third-order valence-electron chi connectivity index (χ3n) is 4.13. The van der Waals surface area contributed by atoms with E-state index in [4.69, 9.17) is 4.98 Å². The number of nitrogens with one attached hydrogen (secondary N) is 1. The fraction of sp³-hybridized carbons (Fsp3) is 0.278. The largest absolute Gasteiger partial charge is 0.362 e. The van der Waals surface area contributed by atoms with Crippen LogP contribution in [0.15, 0.2) is 47.6 Å². The molecule has 1 aliphatic heterocycles. The van der Waals surface area contributed by atoms with Gasteiger partial charge in [-0.2, -0.15) is 5.10 Å². The quantitative estimate of drug-likeness (QED) is 0.785. The van der Waals surface area contributed by atoms with Crippen molar-refractivity contribution in [1.82, 2.24) is 19.7 Å². The molecule has 0 bridgehead atoms. The molecular formula is C18H19N5S. The number of rotatable bonds is 3. The second-order valence-corrected chi connectivity index (χ2v) is 7.11. The molecule has 0 amide bonds. The first-order valence-electron chi connectivity index (χ1n) is 8.04. The summed E-state index contributed by atoms with van der Waals surface area (Å²) in [5.41, 5.74) is 3.37. The molecule has 0 aliphatic carbocycles. The van der Waals surface area contributed by atoms with Crippen LogP contribution in [0.2, 0.25) is 0 Å². The van der Waals surface area contributed by atoms with Gasteiger partial charge < -0.3 is 5.32 Å². The summed E-state index contributed by atoms with van der Waals surface area (Å²) in [5, 5.41) is 8.03. The van der Waals surface area contributed by atoms with Gasteiger partial charge in [0.05, 0.1) is 24.1 Å². The van der Waals surface area contributed by atoms with Gasteiger partial charge in [0.25, 0.3) is 0 Å². The standard InChI is InChI=1S/C18H19N5S/c1-12-9-13(2)23(22-12)18-11-19-10-17(21-18)20-15-7-8-24-16-6-4-3-5-14(15)16/h3-6,9-11,15H,7-8H2,1-2H3,(H,20,21). The fourth-order valence-corrected chi connectivity index (χ4v) is 4.18. The summed E-state index contributed by atoms with van der Waals surface area (Å²) in [6, 6.07) is 10.9. The lowest BCUT2D eigenvalue weighted by Crippen LogP contribution is -2.17. The molecule has 122 valence electrons. The van der Waals surface area contributed by atoms with E-state index in [1.54, 1.807) is 12.4 Å². The summed E-state index contributed by atoms with van der Waals surface area (Å²) < 4.78 is 1.83. The highest BCUT2D eigenvalue weighted by Gasteiger charge is 2.20. The highest BCUT2D eigenvalue weighted by atomic mass is 32.2. The molecule has 1 N–H and O–H groups in total. The van der Waals surface area contributed by atoms with Gasteiger partial charge in [-0.05, 0) is 38.0 Å². The molecule has 1 atom stereocenters. The van der Waals surface area contributed by atoms with Crippen LogP contribution in [0.4, 0.5) is 5.82 Å². The van der Waals surface area contributed by atoms with Crippen LogP contribution in [0.3, 0.4) is 0 Å². The average Bonchev–Trinajstić information content (AvgIpc) is 2.94. The van der Waals surface area contributed by atoms with Gasteiger partial charge in [-0.25, -0.2) is 9.67 Å². The fourth-order valence-electron chi connectivity index (χ4n) is 3.06. The van der Waals surface area contributed by atoms with E-state index in [0.717, 1.165) is 35.2 Å². The van der Waals surface area contributed by atoms with E-state index in [1.165, 1.54) is 10.5 Å². The van der Waals surface area contributed by atoms with E-state index in [1.807, 2.05) is 36.4 Å². The Morgan fingerprint density at radius 2 is 2.08 bits per heavy atom. The van der Waals surface area contributed by atoms with E-state index >= 15 is 0 Å². The Bertz CT molecular complexity index is 873. The number of aromatic nitrogens is 4. The van der Waals surface area contributed by atoms with Crippen LogP contribution in [0, 0.1) is 13.8 Å². The van der Waals surface area contributed by atoms with E-state index in [0.29, 0.717) is 0 Å². The van der Waals surface area contributed by atoms with Crippen LogP contribution < -0.4 is 5.32 Å². The summed E-state index contributed by atoms with van der Waals surface area (Å²) in [4.78, 5) is 10.4. The molecule has 1 aromatic carbocycles. The molecule has 0 spiro atoms. The van der Waals surface area contributed by atoms with E-state index in [9.17, 15) is 0 Å². The zero-order valence-corrected chi connectivity index (χ0v) is 14.5. The van der Waals surface area contributed by atoms with Crippen LogP contribution in [-0.4, -0.2) is 25.5 Å². The zero-order valence-electron chi connectivity index (χ0n) is 13.7. The lowest BCUT2D eigenvalue weighted by molar-refractivity contribution is 0.719. The van der Waals surface area contributed by atoms with Crippen molar-refractivity contribution in [3.05, 3.63) is 59.7 Å². The number of fused-ring (bicyclic) bond motifs is 1. The maximum Gasteiger partial charge on any atom is 0.174 e. The average molecular weight is 337 g/mol. The summed E-state index contributed by atoms with van der Waals surface area (Å²) in [7, 11) is 0. The number of hydrogen-bond acceptors (Lipinski definition) is 5. The highest BCUT2D eigenvalue weighted by molar-refractivity contribution is 7.99. The Kier molecular flexibility index (Phi) is 3.98. The smallest absolute Gasteiger partial charge is 0.174 e. The van der Waals surface area contributed by atoms with Crippen molar-refractivity contribution in [1.29, 1.82) is 0 Å². The van der Waals surface area contributed by atoms with Crippen molar-refractivity contribution >= 4 is 17.6 Å². The van der Waals surface area contributed by atoms with Gasteiger partial charge in [-0.1, -0.05) is 18.2 Å². The number of thioether (sulfide) groups is 1. The number of nitrogens with zero attached hydrogens (tertiary/aromatic N) is 4. The van der Waals surface area contributed by atoms with Crippen LogP contribution in [0.25, 0.3) is 5.82 Å². The van der Waals surface area contributed by atoms with Crippen LogP contribution in [0.1, 0.15) is 29.4 Å². The lowest BCUT2D eigenvalue weighted by atomic mass is 10.0. The molecule has 5 nitrogen and oxygen atoms in total. The molecule has 2 aromatic heterocycles. The number of aryl methyl sites for hydroxylation is 2. The van der Waals surface area contributed by atoms with Crippen molar-refractivity contribution in [3.8, 4) is 5.82 Å². The Hall–Kier alpha value is -2.34. The Balaban J connectivity index is 1.63. The first kappa shape index (κ1) is 15.2.